The Hall–Kier alpha value is -0.780. The second kappa shape index (κ2) is 7.22. The lowest BCUT2D eigenvalue weighted by atomic mass is 10.3. The van der Waals surface area contributed by atoms with Gasteiger partial charge in [-0.1, -0.05) is 30.4 Å². The van der Waals surface area contributed by atoms with Crippen molar-refractivity contribution in [2.75, 3.05) is 0 Å². The molecule has 0 bridgehead atoms. The molecule has 9 heavy (non-hydrogen) atoms. The smallest absolute Gasteiger partial charge is 0.0313 e. The molecule has 0 N–H and O–H groups in total. The summed E-state index contributed by atoms with van der Waals surface area (Å²) in [6, 6.07) is 0. The van der Waals surface area contributed by atoms with E-state index in [4.69, 9.17) is 0 Å². The van der Waals surface area contributed by atoms with Crippen molar-refractivity contribution in [1.29, 1.82) is 0 Å². The minimum absolute atomic E-state index is 1.08. The lowest BCUT2D eigenvalue weighted by Crippen LogP contribution is -1.60. The molecule has 0 aromatic rings. The summed E-state index contributed by atoms with van der Waals surface area (Å²) in [5.74, 6) is 0. The van der Waals surface area contributed by atoms with Crippen molar-refractivity contribution in [1.82, 2.24) is 0 Å². The maximum atomic E-state index is 3.63. The van der Waals surface area contributed by atoms with Crippen LogP contribution in [0.2, 0.25) is 0 Å². The molecular formula is C9H14. The number of hydrogen-bond acceptors (Lipinski definition) is 0. The SMILES string of the molecule is C=CCC/C=C/C=C/C. The second-order valence-corrected chi connectivity index (χ2v) is 1.82. The molecule has 50 valence electrons. The number of rotatable bonds is 4. The molecule has 0 nitrogen and oxygen atoms in total. The number of hydrogen-bond donors (Lipinski definition) is 0. The fourth-order valence-corrected chi connectivity index (χ4v) is 0.500. The van der Waals surface area contributed by atoms with Gasteiger partial charge in [-0.05, 0) is 19.8 Å². The Bertz CT molecular complexity index is 107. The molecule has 0 atom stereocenters. The van der Waals surface area contributed by atoms with Crippen molar-refractivity contribution < 1.29 is 0 Å². The normalized spacial score (nSPS) is 11.2. The highest BCUT2D eigenvalue weighted by Gasteiger charge is 1.70. The minimum atomic E-state index is 1.08. The average Bonchev–Trinajstić information content (AvgIpc) is 1.89. The van der Waals surface area contributed by atoms with Crippen LogP contribution in [0.15, 0.2) is 37.0 Å². The molecule has 0 unspecified atom stereocenters. The zero-order valence-electron chi connectivity index (χ0n) is 6.01. The van der Waals surface area contributed by atoms with Gasteiger partial charge in [-0.15, -0.1) is 6.58 Å². The van der Waals surface area contributed by atoms with E-state index in [2.05, 4.69) is 18.7 Å². The zero-order chi connectivity index (χ0) is 6.95. The zero-order valence-corrected chi connectivity index (χ0v) is 6.01. The van der Waals surface area contributed by atoms with E-state index in [1.807, 2.05) is 25.2 Å². The van der Waals surface area contributed by atoms with Crippen LogP contribution in [0.5, 0.6) is 0 Å². The van der Waals surface area contributed by atoms with Crippen LogP contribution in [0.25, 0.3) is 0 Å². The topological polar surface area (TPSA) is 0 Å². The molecule has 0 amide bonds. The summed E-state index contributed by atoms with van der Waals surface area (Å²) in [6.45, 7) is 5.64. The summed E-state index contributed by atoms with van der Waals surface area (Å²) in [7, 11) is 0. The van der Waals surface area contributed by atoms with Gasteiger partial charge in [0, 0.05) is 0 Å². The Kier molecular flexibility index (Phi) is 6.59. The monoisotopic (exact) mass is 122 g/mol. The molecule has 0 aliphatic rings. The summed E-state index contributed by atoms with van der Waals surface area (Å²) in [5, 5.41) is 0. The van der Waals surface area contributed by atoms with Crippen molar-refractivity contribution in [3.05, 3.63) is 37.0 Å². The molecule has 0 aliphatic heterocycles. The molecule has 0 saturated carbocycles. The highest BCUT2D eigenvalue weighted by atomic mass is 13.8. The van der Waals surface area contributed by atoms with E-state index in [0.717, 1.165) is 12.8 Å². The Labute approximate surface area is 57.6 Å². The molecule has 0 saturated heterocycles. The van der Waals surface area contributed by atoms with Gasteiger partial charge in [0.25, 0.3) is 0 Å². The van der Waals surface area contributed by atoms with Gasteiger partial charge in [0.2, 0.25) is 0 Å². The molecule has 0 rings (SSSR count). The number of unbranched alkanes of at least 4 members (excludes halogenated alkanes) is 1. The molecular weight excluding hydrogens is 108 g/mol. The maximum absolute atomic E-state index is 3.63. The molecule has 0 fully saturated rings. The van der Waals surface area contributed by atoms with E-state index < -0.39 is 0 Å². The third-order valence-electron chi connectivity index (χ3n) is 0.977. The van der Waals surface area contributed by atoms with Crippen LogP contribution in [0.4, 0.5) is 0 Å². The van der Waals surface area contributed by atoms with Crippen LogP contribution < -0.4 is 0 Å². The van der Waals surface area contributed by atoms with Crippen LogP contribution in [0.3, 0.4) is 0 Å². The minimum Gasteiger partial charge on any atom is -0.103 e. The van der Waals surface area contributed by atoms with E-state index in [1.165, 1.54) is 0 Å². The molecule has 0 aromatic carbocycles. The second-order valence-electron chi connectivity index (χ2n) is 1.82. The first-order chi connectivity index (χ1) is 4.41. The van der Waals surface area contributed by atoms with E-state index in [-0.39, 0.29) is 0 Å². The van der Waals surface area contributed by atoms with Gasteiger partial charge in [0.05, 0.1) is 0 Å². The summed E-state index contributed by atoms with van der Waals surface area (Å²) in [6.07, 6.45) is 12.4. The molecule has 0 heterocycles. The van der Waals surface area contributed by atoms with E-state index in [1.54, 1.807) is 0 Å². The van der Waals surface area contributed by atoms with Gasteiger partial charge >= 0.3 is 0 Å². The summed E-state index contributed by atoms with van der Waals surface area (Å²) in [5.41, 5.74) is 0. The molecule has 0 heteroatoms. The van der Waals surface area contributed by atoms with Crippen LogP contribution in [-0.2, 0) is 0 Å². The molecule has 0 radical (unpaired) electrons. The van der Waals surface area contributed by atoms with Crippen molar-refractivity contribution >= 4 is 0 Å². The maximum Gasteiger partial charge on any atom is -0.0313 e. The van der Waals surface area contributed by atoms with E-state index >= 15 is 0 Å². The molecule has 0 aromatic heterocycles. The van der Waals surface area contributed by atoms with Crippen molar-refractivity contribution in [3.63, 3.8) is 0 Å². The highest BCUT2D eigenvalue weighted by molar-refractivity contribution is 5.01. The third-order valence-corrected chi connectivity index (χ3v) is 0.977. The Balaban J connectivity index is 3.14. The van der Waals surface area contributed by atoms with Crippen LogP contribution >= 0.6 is 0 Å². The first-order valence-electron chi connectivity index (χ1n) is 3.30. The van der Waals surface area contributed by atoms with Crippen molar-refractivity contribution in [2.24, 2.45) is 0 Å². The predicted octanol–water partition coefficient (Wildman–Crippen LogP) is 3.08. The predicted molar refractivity (Wildman–Crippen MR) is 43.4 cm³/mol. The summed E-state index contributed by atoms with van der Waals surface area (Å²) < 4.78 is 0. The fourth-order valence-electron chi connectivity index (χ4n) is 0.500. The summed E-state index contributed by atoms with van der Waals surface area (Å²) in [4.78, 5) is 0. The van der Waals surface area contributed by atoms with Crippen LogP contribution in [0.1, 0.15) is 19.8 Å². The fraction of sp³-hybridized carbons (Fsp3) is 0.333. The van der Waals surface area contributed by atoms with Gasteiger partial charge < -0.3 is 0 Å². The molecule has 0 aliphatic carbocycles. The first-order valence-corrected chi connectivity index (χ1v) is 3.30. The molecule has 0 spiro atoms. The Morgan fingerprint density at radius 1 is 1.22 bits per heavy atom. The van der Waals surface area contributed by atoms with Crippen molar-refractivity contribution in [2.45, 2.75) is 19.8 Å². The van der Waals surface area contributed by atoms with E-state index in [9.17, 15) is 0 Å². The van der Waals surface area contributed by atoms with Gasteiger partial charge in [-0.3, -0.25) is 0 Å². The lowest BCUT2D eigenvalue weighted by Gasteiger charge is -1.80. The largest absolute Gasteiger partial charge is 0.103 e. The van der Waals surface area contributed by atoms with Gasteiger partial charge in [0.15, 0.2) is 0 Å². The van der Waals surface area contributed by atoms with Gasteiger partial charge in [-0.25, -0.2) is 0 Å². The quantitative estimate of drug-likeness (QED) is 0.305. The Morgan fingerprint density at radius 3 is 2.56 bits per heavy atom. The standard InChI is InChI=1S/C9H14/c1-3-5-7-9-8-6-4-2/h3-4,6,8-9H,1,5,7H2,2H3/b6-4+,9-8+. The summed E-state index contributed by atoms with van der Waals surface area (Å²) >= 11 is 0. The van der Waals surface area contributed by atoms with Gasteiger partial charge in [0.1, 0.15) is 0 Å². The number of allylic oxidation sites excluding steroid dienone is 5. The van der Waals surface area contributed by atoms with E-state index in [0.29, 0.717) is 0 Å². The average molecular weight is 122 g/mol. The van der Waals surface area contributed by atoms with Gasteiger partial charge in [-0.2, -0.15) is 0 Å². The van der Waals surface area contributed by atoms with Crippen LogP contribution in [0, 0.1) is 0 Å². The first kappa shape index (κ1) is 8.22. The van der Waals surface area contributed by atoms with Crippen molar-refractivity contribution in [3.8, 4) is 0 Å². The third kappa shape index (κ3) is 7.22. The Morgan fingerprint density at radius 2 is 2.00 bits per heavy atom. The lowest BCUT2D eigenvalue weighted by molar-refractivity contribution is 1.06. The highest BCUT2D eigenvalue weighted by Crippen LogP contribution is 1.90. The van der Waals surface area contributed by atoms with Crippen LogP contribution in [-0.4, -0.2) is 0 Å².